The second kappa shape index (κ2) is 6.10. The van der Waals surface area contributed by atoms with Crippen molar-refractivity contribution < 1.29 is 9.90 Å². The van der Waals surface area contributed by atoms with Crippen molar-refractivity contribution >= 4 is 11.7 Å². The quantitative estimate of drug-likeness (QED) is 0.776. The Morgan fingerprint density at radius 1 is 1.62 bits per heavy atom. The first kappa shape index (κ1) is 12.5. The monoisotopic (exact) mass is 222 g/mol. The predicted molar refractivity (Wildman–Crippen MR) is 63.5 cm³/mol. The number of nitrogens with one attached hydrogen (secondary N) is 1. The van der Waals surface area contributed by atoms with Gasteiger partial charge < -0.3 is 10.4 Å². The largest absolute Gasteiger partial charge is 0.480 e. The molecule has 0 unspecified atom stereocenters. The number of pyridine rings is 1. The minimum Gasteiger partial charge on any atom is -0.480 e. The van der Waals surface area contributed by atoms with E-state index in [1.165, 1.54) is 0 Å². The van der Waals surface area contributed by atoms with E-state index in [4.69, 9.17) is 5.11 Å². The number of rotatable bonds is 6. The van der Waals surface area contributed by atoms with E-state index in [-0.39, 0.29) is 0 Å². The summed E-state index contributed by atoms with van der Waals surface area (Å²) in [5, 5.41) is 12.1. The van der Waals surface area contributed by atoms with E-state index >= 15 is 0 Å². The Bertz CT molecular complexity index is 353. The minimum absolute atomic E-state index is 0.512. The van der Waals surface area contributed by atoms with Gasteiger partial charge in [0.1, 0.15) is 6.04 Å². The Hall–Kier alpha value is -1.58. The second-order valence-corrected chi connectivity index (χ2v) is 3.86. The van der Waals surface area contributed by atoms with Gasteiger partial charge in [0.05, 0.1) is 0 Å². The van der Waals surface area contributed by atoms with E-state index in [1.54, 1.807) is 12.3 Å². The van der Waals surface area contributed by atoms with Crippen molar-refractivity contribution in [1.82, 2.24) is 4.98 Å². The highest BCUT2D eigenvalue weighted by Crippen LogP contribution is 2.12. The van der Waals surface area contributed by atoms with Crippen molar-refractivity contribution in [3.8, 4) is 0 Å². The normalized spacial score (nSPS) is 12.1. The number of aryl methyl sites for hydroxylation is 1. The van der Waals surface area contributed by atoms with Gasteiger partial charge in [-0.2, -0.15) is 0 Å². The van der Waals surface area contributed by atoms with Gasteiger partial charge in [-0.25, -0.2) is 4.79 Å². The molecule has 0 aliphatic heterocycles. The number of aliphatic carboxylic acids is 1. The Kier molecular flexibility index (Phi) is 4.76. The third kappa shape index (κ3) is 3.88. The summed E-state index contributed by atoms with van der Waals surface area (Å²) in [4.78, 5) is 15.1. The molecule has 0 saturated carbocycles. The SMILES string of the molecule is CCCC[C@H](Nc1ccnc(C)c1)C(=O)O. The molecule has 0 aliphatic carbocycles. The molecule has 0 radical (unpaired) electrons. The van der Waals surface area contributed by atoms with E-state index in [0.717, 1.165) is 24.2 Å². The number of aromatic nitrogens is 1. The molecule has 0 aliphatic rings. The Balaban J connectivity index is 2.64. The molecular weight excluding hydrogens is 204 g/mol. The molecule has 4 heteroatoms. The molecule has 1 atom stereocenters. The molecule has 0 saturated heterocycles. The lowest BCUT2D eigenvalue weighted by atomic mass is 10.1. The highest BCUT2D eigenvalue weighted by atomic mass is 16.4. The van der Waals surface area contributed by atoms with Crippen LogP contribution in [-0.4, -0.2) is 22.1 Å². The lowest BCUT2D eigenvalue weighted by molar-refractivity contribution is -0.138. The number of anilines is 1. The van der Waals surface area contributed by atoms with Gasteiger partial charge in [-0.1, -0.05) is 19.8 Å². The topological polar surface area (TPSA) is 62.2 Å². The van der Waals surface area contributed by atoms with Gasteiger partial charge >= 0.3 is 5.97 Å². The molecule has 0 spiro atoms. The van der Waals surface area contributed by atoms with Gasteiger partial charge in [-0.3, -0.25) is 4.98 Å². The van der Waals surface area contributed by atoms with Gasteiger partial charge in [0, 0.05) is 17.6 Å². The van der Waals surface area contributed by atoms with Gasteiger partial charge in [0.15, 0.2) is 0 Å². The van der Waals surface area contributed by atoms with E-state index in [9.17, 15) is 4.79 Å². The molecule has 0 bridgehead atoms. The maximum Gasteiger partial charge on any atom is 0.326 e. The first-order valence-corrected chi connectivity index (χ1v) is 5.55. The van der Waals surface area contributed by atoms with Crippen LogP contribution in [0, 0.1) is 6.92 Å². The maximum atomic E-state index is 11.0. The molecule has 0 amide bonds. The molecule has 4 nitrogen and oxygen atoms in total. The van der Waals surface area contributed by atoms with Crippen molar-refractivity contribution in [1.29, 1.82) is 0 Å². The Morgan fingerprint density at radius 2 is 2.38 bits per heavy atom. The zero-order valence-electron chi connectivity index (χ0n) is 9.73. The first-order chi connectivity index (χ1) is 7.63. The van der Waals surface area contributed by atoms with Crippen LogP contribution in [0.1, 0.15) is 31.9 Å². The van der Waals surface area contributed by atoms with Gasteiger partial charge in [0.25, 0.3) is 0 Å². The highest BCUT2D eigenvalue weighted by molar-refractivity contribution is 5.77. The van der Waals surface area contributed by atoms with Crippen molar-refractivity contribution in [2.75, 3.05) is 5.32 Å². The Labute approximate surface area is 95.7 Å². The smallest absolute Gasteiger partial charge is 0.326 e. The van der Waals surface area contributed by atoms with E-state index in [1.807, 2.05) is 13.0 Å². The van der Waals surface area contributed by atoms with Crippen LogP contribution in [0.3, 0.4) is 0 Å². The molecule has 1 heterocycles. The summed E-state index contributed by atoms with van der Waals surface area (Å²) < 4.78 is 0. The zero-order valence-corrected chi connectivity index (χ0v) is 9.73. The molecule has 0 fully saturated rings. The van der Waals surface area contributed by atoms with E-state index in [0.29, 0.717) is 6.42 Å². The average Bonchev–Trinajstić information content (AvgIpc) is 2.24. The number of carboxylic acids is 1. The van der Waals surface area contributed by atoms with Crippen LogP contribution in [0.15, 0.2) is 18.3 Å². The van der Waals surface area contributed by atoms with E-state index < -0.39 is 12.0 Å². The fourth-order valence-electron chi connectivity index (χ4n) is 1.50. The summed E-state index contributed by atoms with van der Waals surface area (Å²) in [6, 6.07) is 3.12. The Morgan fingerprint density at radius 3 is 2.94 bits per heavy atom. The number of unbranched alkanes of at least 4 members (excludes halogenated alkanes) is 1. The number of carboxylic acid groups (broad SMARTS) is 1. The van der Waals surface area contributed by atoms with E-state index in [2.05, 4.69) is 17.2 Å². The van der Waals surface area contributed by atoms with Gasteiger partial charge in [0.2, 0.25) is 0 Å². The average molecular weight is 222 g/mol. The van der Waals surface area contributed by atoms with Crippen LogP contribution in [-0.2, 0) is 4.79 Å². The van der Waals surface area contributed by atoms with Crippen LogP contribution >= 0.6 is 0 Å². The summed E-state index contributed by atoms with van der Waals surface area (Å²) in [5.41, 5.74) is 1.70. The molecule has 16 heavy (non-hydrogen) atoms. The summed E-state index contributed by atoms with van der Waals surface area (Å²) in [6.07, 6.45) is 4.23. The number of hydrogen-bond acceptors (Lipinski definition) is 3. The number of nitrogens with zero attached hydrogens (tertiary/aromatic N) is 1. The van der Waals surface area contributed by atoms with Crippen LogP contribution in [0.2, 0.25) is 0 Å². The summed E-state index contributed by atoms with van der Waals surface area (Å²) in [6.45, 7) is 3.93. The third-order valence-corrected chi connectivity index (χ3v) is 2.38. The first-order valence-electron chi connectivity index (χ1n) is 5.55. The van der Waals surface area contributed by atoms with Crippen molar-refractivity contribution in [2.45, 2.75) is 39.2 Å². The van der Waals surface area contributed by atoms with Gasteiger partial charge in [-0.05, 0) is 25.5 Å². The summed E-state index contributed by atoms with van der Waals surface area (Å²) in [7, 11) is 0. The fraction of sp³-hybridized carbons (Fsp3) is 0.500. The standard InChI is InChI=1S/C12H18N2O2/c1-3-4-5-11(12(15)16)14-10-6-7-13-9(2)8-10/h6-8,11H,3-5H2,1-2H3,(H,13,14)(H,15,16)/t11-/m0/s1. The minimum atomic E-state index is -0.803. The molecule has 1 aromatic heterocycles. The summed E-state index contributed by atoms with van der Waals surface area (Å²) in [5.74, 6) is -0.803. The number of carbonyl (C=O) groups is 1. The lowest BCUT2D eigenvalue weighted by Gasteiger charge is -2.15. The van der Waals surface area contributed by atoms with Crippen molar-refractivity contribution in [3.05, 3.63) is 24.0 Å². The maximum absolute atomic E-state index is 11.0. The van der Waals surface area contributed by atoms with Crippen molar-refractivity contribution in [2.24, 2.45) is 0 Å². The second-order valence-electron chi connectivity index (χ2n) is 3.86. The predicted octanol–water partition coefficient (Wildman–Crippen LogP) is 2.45. The molecule has 1 rings (SSSR count). The molecular formula is C12H18N2O2. The third-order valence-electron chi connectivity index (χ3n) is 2.38. The zero-order chi connectivity index (χ0) is 12.0. The number of hydrogen-bond donors (Lipinski definition) is 2. The van der Waals surface area contributed by atoms with Gasteiger partial charge in [-0.15, -0.1) is 0 Å². The van der Waals surface area contributed by atoms with Crippen molar-refractivity contribution in [3.63, 3.8) is 0 Å². The molecule has 88 valence electrons. The lowest BCUT2D eigenvalue weighted by Crippen LogP contribution is -2.29. The van der Waals surface area contributed by atoms with Crippen LogP contribution in [0.25, 0.3) is 0 Å². The summed E-state index contributed by atoms with van der Waals surface area (Å²) >= 11 is 0. The molecule has 2 N–H and O–H groups in total. The van der Waals surface area contributed by atoms with Crippen LogP contribution in [0.4, 0.5) is 5.69 Å². The fourth-order valence-corrected chi connectivity index (χ4v) is 1.50. The highest BCUT2D eigenvalue weighted by Gasteiger charge is 2.16. The van der Waals surface area contributed by atoms with Crippen LogP contribution in [0.5, 0.6) is 0 Å². The van der Waals surface area contributed by atoms with Crippen LogP contribution < -0.4 is 5.32 Å². The molecule has 0 aromatic carbocycles. The molecule has 1 aromatic rings.